The fourth-order valence-corrected chi connectivity index (χ4v) is 2.66. The van der Waals surface area contributed by atoms with Crippen LogP contribution in [0.4, 0.5) is 0 Å². The molecule has 1 aromatic heterocycles. The molecule has 18 heavy (non-hydrogen) atoms. The fraction of sp³-hybridized carbons (Fsp3) is 0.0714. The predicted molar refractivity (Wildman–Crippen MR) is 79.8 cm³/mol. The standard InChI is InChI=1S/C14H10INO2/c1-8(17)18-14-7-13-10(6-11(14)15)9-4-2-3-5-12(9)16-13/h2-7,16H,1H3. The van der Waals surface area contributed by atoms with Crippen LogP contribution in [-0.4, -0.2) is 11.0 Å². The number of aromatic nitrogens is 1. The molecular formula is C14H10INO2. The molecule has 4 heteroatoms. The third kappa shape index (κ3) is 1.86. The van der Waals surface area contributed by atoms with Crippen LogP contribution in [0.15, 0.2) is 36.4 Å². The summed E-state index contributed by atoms with van der Waals surface area (Å²) in [6, 6.07) is 12.0. The Hall–Kier alpha value is -1.56. The number of fused-ring (bicyclic) bond motifs is 3. The van der Waals surface area contributed by atoms with Crippen LogP contribution < -0.4 is 4.74 Å². The highest BCUT2D eigenvalue weighted by Gasteiger charge is 2.10. The minimum Gasteiger partial charge on any atom is -0.426 e. The number of hydrogen-bond acceptors (Lipinski definition) is 2. The molecule has 0 saturated carbocycles. The van der Waals surface area contributed by atoms with E-state index in [1.165, 1.54) is 12.3 Å². The van der Waals surface area contributed by atoms with Crippen LogP contribution in [-0.2, 0) is 4.79 Å². The molecule has 0 aliphatic carbocycles. The molecule has 0 fully saturated rings. The SMILES string of the molecule is CC(=O)Oc1cc2[nH]c3ccccc3c2cc1I. The smallest absolute Gasteiger partial charge is 0.308 e. The number of esters is 1. The lowest BCUT2D eigenvalue weighted by Crippen LogP contribution is -2.02. The zero-order chi connectivity index (χ0) is 12.7. The Morgan fingerprint density at radius 2 is 1.94 bits per heavy atom. The molecule has 0 amide bonds. The number of carbonyl (C=O) groups excluding carboxylic acids is 1. The lowest BCUT2D eigenvalue weighted by atomic mass is 10.1. The van der Waals surface area contributed by atoms with Gasteiger partial charge in [-0.15, -0.1) is 0 Å². The highest BCUT2D eigenvalue weighted by molar-refractivity contribution is 14.1. The third-order valence-electron chi connectivity index (χ3n) is 2.81. The summed E-state index contributed by atoms with van der Waals surface area (Å²) < 4.78 is 6.11. The quantitative estimate of drug-likeness (QED) is 0.411. The van der Waals surface area contributed by atoms with Gasteiger partial charge in [-0.1, -0.05) is 18.2 Å². The van der Waals surface area contributed by atoms with Crippen LogP contribution in [0, 0.1) is 3.57 Å². The number of ether oxygens (including phenoxy) is 1. The van der Waals surface area contributed by atoms with Gasteiger partial charge in [0.15, 0.2) is 0 Å². The van der Waals surface area contributed by atoms with Gasteiger partial charge in [-0.25, -0.2) is 0 Å². The molecule has 1 N–H and O–H groups in total. The van der Waals surface area contributed by atoms with Crippen LogP contribution in [0.2, 0.25) is 0 Å². The van der Waals surface area contributed by atoms with Gasteiger partial charge < -0.3 is 9.72 Å². The van der Waals surface area contributed by atoms with Crippen molar-refractivity contribution in [2.75, 3.05) is 0 Å². The molecule has 2 aromatic carbocycles. The second-order valence-corrected chi connectivity index (χ2v) is 5.25. The number of hydrogen-bond donors (Lipinski definition) is 1. The van der Waals surface area contributed by atoms with Crippen molar-refractivity contribution in [1.29, 1.82) is 0 Å². The first kappa shape index (κ1) is 11.5. The Bertz CT molecular complexity index is 761. The number of nitrogens with one attached hydrogen (secondary N) is 1. The third-order valence-corrected chi connectivity index (χ3v) is 3.66. The van der Waals surface area contributed by atoms with E-state index in [4.69, 9.17) is 4.74 Å². The maximum atomic E-state index is 11.0. The minimum atomic E-state index is -0.302. The second-order valence-electron chi connectivity index (χ2n) is 4.09. The monoisotopic (exact) mass is 351 g/mol. The lowest BCUT2D eigenvalue weighted by molar-refractivity contribution is -0.131. The number of halogens is 1. The largest absolute Gasteiger partial charge is 0.426 e. The highest BCUT2D eigenvalue weighted by atomic mass is 127. The van der Waals surface area contributed by atoms with Gasteiger partial charge in [-0.05, 0) is 34.7 Å². The van der Waals surface area contributed by atoms with Gasteiger partial charge in [-0.3, -0.25) is 4.79 Å². The van der Waals surface area contributed by atoms with E-state index < -0.39 is 0 Å². The van der Waals surface area contributed by atoms with Crippen LogP contribution in [0.1, 0.15) is 6.92 Å². The Labute approximate surface area is 117 Å². The van der Waals surface area contributed by atoms with Crippen molar-refractivity contribution in [2.45, 2.75) is 6.92 Å². The normalized spacial score (nSPS) is 11.0. The number of H-pyrrole nitrogens is 1. The molecule has 0 spiro atoms. The van der Waals surface area contributed by atoms with Crippen LogP contribution >= 0.6 is 22.6 Å². The molecule has 0 unspecified atom stereocenters. The average molecular weight is 351 g/mol. The van der Waals surface area contributed by atoms with Gasteiger partial charge in [0.2, 0.25) is 0 Å². The first-order valence-corrected chi connectivity index (χ1v) is 6.61. The zero-order valence-electron chi connectivity index (χ0n) is 9.66. The van der Waals surface area contributed by atoms with Gasteiger partial charge in [0.1, 0.15) is 5.75 Å². The number of benzene rings is 2. The van der Waals surface area contributed by atoms with Gasteiger partial charge >= 0.3 is 5.97 Å². The van der Waals surface area contributed by atoms with E-state index in [1.807, 2.05) is 30.3 Å². The Balaban J connectivity index is 2.29. The summed E-state index contributed by atoms with van der Waals surface area (Å²) in [7, 11) is 0. The van der Waals surface area contributed by atoms with E-state index in [9.17, 15) is 4.79 Å². The average Bonchev–Trinajstić information content (AvgIpc) is 2.67. The summed E-state index contributed by atoms with van der Waals surface area (Å²) in [6.45, 7) is 1.41. The molecule has 0 atom stereocenters. The van der Waals surface area contributed by atoms with Crippen molar-refractivity contribution in [3.63, 3.8) is 0 Å². The summed E-state index contributed by atoms with van der Waals surface area (Å²) in [5.74, 6) is 0.297. The van der Waals surface area contributed by atoms with Crippen molar-refractivity contribution in [1.82, 2.24) is 4.98 Å². The first-order valence-electron chi connectivity index (χ1n) is 5.53. The maximum Gasteiger partial charge on any atom is 0.308 e. The predicted octanol–water partition coefficient (Wildman–Crippen LogP) is 3.85. The van der Waals surface area contributed by atoms with E-state index in [2.05, 4.69) is 33.6 Å². The topological polar surface area (TPSA) is 42.1 Å². The van der Waals surface area contributed by atoms with Gasteiger partial charge in [0.25, 0.3) is 0 Å². The van der Waals surface area contributed by atoms with Crippen LogP contribution in [0.5, 0.6) is 5.75 Å². The van der Waals surface area contributed by atoms with Crippen molar-refractivity contribution < 1.29 is 9.53 Å². The molecule has 3 aromatic rings. The van der Waals surface area contributed by atoms with E-state index in [0.29, 0.717) is 5.75 Å². The number of para-hydroxylation sites is 1. The first-order chi connectivity index (χ1) is 8.65. The molecular weight excluding hydrogens is 341 g/mol. The molecule has 90 valence electrons. The minimum absolute atomic E-state index is 0.302. The van der Waals surface area contributed by atoms with Crippen molar-refractivity contribution in [3.8, 4) is 5.75 Å². The maximum absolute atomic E-state index is 11.0. The van der Waals surface area contributed by atoms with E-state index in [0.717, 1.165) is 20.0 Å². The molecule has 0 radical (unpaired) electrons. The highest BCUT2D eigenvalue weighted by Crippen LogP contribution is 2.32. The molecule has 1 heterocycles. The Kier molecular flexibility index (Phi) is 2.74. The van der Waals surface area contributed by atoms with Crippen LogP contribution in [0.3, 0.4) is 0 Å². The van der Waals surface area contributed by atoms with Gasteiger partial charge in [0, 0.05) is 29.3 Å². The lowest BCUT2D eigenvalue weighted by Gasteiger charge is -2.04. The Morgan fingerprint density at radius 3 is 2.72 bits per heavy atom. The molecule has 3 nitrogen and oxygen atoms in total. The summed E-state index contributed by atoms with van der Waals surface area (Å²) in [5.41, 5.74) is 2.07. The second kappa shape index (κ2) is 4.28. The summed E-state index contributed by atoms with van der Waals surface area (Å²) in [5, 5.41) is 2.32. The number of carbonyl (C=O) groups is 1. The van der Waals surface area contributed by atoms with E-state index in [1.54, 1.807) is 0 Å². The van der Waals surface area contributed by atoms with Crippen molar-refractivity contribution in [3.05, 3.63) is 40.0 Å². The summed E-state index contributed by atoms with van der Waals surface area (Å²) >= 11 is 2.18. The number of rotatable bonds is 1. The van der Waals surface area contributed by atoms with Crippen molar-refractivity contribution in [2.24, 2.45) is 0 Å². The zero-order valence-corrected chi connectivity index (χ0v) is 11.8. The molecule has 0 saturated heterocycles. The van der Waals surface area contributed by atoms with Crippen molar-refractivity contribution >= 4 is 50.4 Å². The van der Waals surface area contributed by atoms with Gasteiger partial charge in [0.05, 0.1) is 9.09 Å². The van der Waals surface area contributed by atoms with Gasteiger partial charge in [-0.2, -0.15) is 0 Å². The fourth-order valence-electron chi connectivity index (χ4n) is 2.08. The summed E-state index contributed by atoms with van der Waals surface area (Å²) in [6.07, 6.45) is 0. The van der Waals surface area contributed by atoms with E-state index in [-0.39, 0.29) is 5.97 Å². The van der Waals surface area contributed by atoms with Crippen LogP contribution in [0.25, 0.3) is 21.8 Å². The number of aromatic amines is 1. The van der Waals surface area contributed by atoms with E-state index >= 15 is 0 Å². The molecule has 3 rings (SSSR count). The molecule has 0 aliphatic heterocycles. The molecule has 0 aliphatic rings. The summed E-state index contributed by atoms with van der Waals surface area (Å²) in [4.78, 5) is 14.4. The Morgan fingerprint density at radius 1 is 1.17 bits per heavy atom. The molecule has 0 bridgehead atoms.